The second-order valence-electron chi connectivity index (χ2n) is 9.47. The van der Waals surface area contributed by atoms with Gasteiger partial charge >= 0.3 is 0 Å². The van der Waals surface area contributed by atoms with E-state index < -0.39 is 23.5 Å². The zero-order chi connectivity index (χ0) is 24.7. The van der Waals surface area contributed by atoms with E-state index in [9.17, 15) is 14.7 Å². The van der Waals surface area contributed by atoms with Gasteiger partial charge in [-0.2, -0.15) is 0 Å². The number of rotatable bonds is 5. The molecule has 2 aliphatic rings. The topological polar surface area (TPSA) is 74.1 Å². The third kappa shape index (κ3) is 4.21. The van der Waals surface area contributed by atoms with Gasteiger partial charge in [-0.25, -0.2) is 0 Å². The molecule has 1 amide bonds. The summed E-state index contributed by atoms with van der Waals surface area (Å²) < 4.78 is 5.76. The van der Waals surface area contributed by atoms with Gasteiger partial charge in [-0.1, -0.05) is 54.3 Å². The molecule has 1 saturated heterocycles. The number of amides is 1. The predicted molar refractivity (Wildman–Crippen MR) is 131 cm³/mol. The van der Waals surface area contributed by atoms with Gasteiger partial charge in [0.2, 0.25) is 5.78 Å². The van der Waals surface area contributed by atoms with Gasteiger partial charge in [0, 0.05) is 18.5 Å². The first-order valence-electron chi connectivity index (χ1n) is 11.8. The molecule has 2 heterocycles. The van der Waals surface area contributed by atoms with Gasteiger partial charge in [0.15, 0.2) is 0 Å². The van der Waals surface area contributed by atoms with Crippen LogP contribution in [0.4, 0.5) is 5.69 Å². The molecule has 1 fully saturated rings. The summed E-state index contributed by atoms with van der Waals surface area (Å²) in [5, 5.41) is 13.8. The molecule has 6 heteroatoms. The first-order valence-corrected chi connectivity index (χ1v) is 11.8. The van der Waals surface area contributed by atoms with Crippen LogP contribution in [0, 0.1) is 0 Å². The summed E-state index contributed by atoms with van der Waals surface area (Å²) in [5.74, 6) is -1.03. The van der Waals surface area contributed by atoms with Gasteiger partial charge < -0.3 is 19.6 Å². The molecule has 0 saturated carbocycles. The van der Waals surface area contributed by atoms with Gasteiger partial charge in [-0.05, 0) is 53.4 Å². The third-order valence-electron chi connectivity index (χ3n) is 6.69. The van der Waals surface area contributed by atoms with Crippen LogP contribution in [0.15, 0.2) is 78.4 Å². The fraction of sp³-hybridized carbons (Fsp3) is 0.241. The summed E-state index contributed by atoms with van der Waals surface area (Å²) >= 11 is 0. The summed E-state index contributed by atoms with van der Waals surface area (Å²) in [6.07, 6.45) is 0.750. The lowest BCUT2D eigenvalue weighted by Gasteiger charge is -2.28. The highest BCUT2D eigenvalue weighted by Gasteiger charge is 2.44. The number of nitrogens with zero attached hydrogens (tertiary/aromatic N) is 1. The molecule has 0 aromatic heterocycles. The van der Waals surface area contributed by atoms with Gasteiger partial charge in [0.05, 0.1) is 20.1 Å². The van der Waals surface area contributed by atoms with Crippen molar-refractivity contribution in [3.05, 3.63) is 101 Å². The molecule has 3 aromatic rings. The number of ether oxygens (including phenoxy) is 1. The smallest absolute Gasteiger partial charge is 0.295 e. The fourth-order valence-electron chi connectivity index (χ4n) is 4.88. The van der Waals surface area contributed by atoms with E-state index in [0.717, 1.165) is 33.0 Å². The second kappa shape index (κ2) is 9.04. The second-order valence-corrected chi connectivity index (χ2v) is 9.47. The Morgan fingerprint density at radius 1 is 1.03 bits per heavy atom. The van der Waals surface area contributed by atoms with Crippen molar-refractivity contribution < 1.29 is 24.3 Å². The first kappa shape index (κ1) is 22.9. The quantitative estimate of drug-likeness (QED) is 0.354. The Balaban J connectivity index is 1.62. The van der Waals surface area contributed by atoms with Crippen LogP contribution in [0.2, 0.25) is 0 Å². The van der Waals surface area contributed by atoms with Crippen molar-refractivity contribution in [1.82, 2.24) is 4.90 Å². The molecule has 2 aliphatic heterocycles. The van der Waals surface area contributed by atoms with Crippen LogP contribution in [0.25, 0.3) is 5.76 Å². The highest BCUT2D eigenvalue weighted by Crippen LogP contribution is 2.40. The number of quaternary nitrogens is 1. The molecule has 0 aliphatic carbocycles. The minimum Gasteiger partial charge on any atom is -0.872 e. The number of likely N-dealkylation sites (tertiary alicyclic amines) is 1. The average Bonchev–Trinajstić information content (AvgIpc) is 3.35. The number of Topliss-reactive ketones (excluding diaryl/α,β-unsaturated/α-hetero) is 1. The maximum absolute atomic E-state index is 13.8. The minimum atomic E-state index is -0.752. The molecule has 6 nitrogen and oxygen atoms in total. The lowest BCUT2D eigenvalue weighted by molar-refractivity contribution is -0.786. The number of carbonyl (C=O) groups is 2. The summed E-state index contributed by atoms with van der Waals surface area (Å²) in [6, 6.07) is 21.8. The molecule has 35 heavy (non-hydrogen) atoms. The molecule has 1 N–H and O–H groups in total. The van der Waals surface area contributed by atoms with Gasteiger partial charge in [-0.3, -0.25) is 9.59 Å². The van der Waals surface area contributed by atoms with E-state index in [-0.39, 0.29) is 18.2 Å². The van der Waals surface area contributed by atoms with Crippen molar-refractivity contribution >= 4 is 23.1 Å². The van der Waals surface area contributed by atoms with E-state index in [4.69, 9.17) is 4.74 Å². The Morgan fingerprint density at radius 2 is 1.74 bits per heavy atom. The van der Waals surface area contributed by atoms with Crippen LogP contribution in [0.1, 0.15) is 35.2 Å². The largest absolute Gasteiger partial charge is 0.872 e. The van der Waals surface area contributed by atoms with Crippen LogP contribution < -0.4 is 14.7 Å². The highest BCUT2D eigenvalue weighted by molar-refractivity contribution is 6.46. The van der Waals surface area contributed by atoms with E-state index in [1.807, 2.05) is 75.6 Å². The number of fused-ring (bicyclic) bond motifs is 1. The number of ketones is 1. The van der Waals surface area contributed by atoms with Crippen molar-refractivity contribution in [1.29, 1.82) is 0 Å². The molecular formula is C29H28N2O4. The van der Waals surface area contributed by atoms with E-state index in [2.05, 4.69) is 0 Å². The summed E-state index contributed by atoms with van der Waals surface area (Å²) in [4.78, 5) is 29.2. The fourth-order valence-corrected chi connectivity index (χ4v) is 4.88. The highest BCUT2D eigenvalue weighted by atomic mass is 16.5. The number of benzene rings is 3. The first-order chi connectivity index (χ1) is 16.8. The van der Waals surface area contributed by atoms with Crippen LogP contribution in [0.5, 0.6) is 5.75 Å². The summed E-state index contributed by atoms with van der Waals surface area (Å²) in [7, 11) is 4.05. The van der Waals surface area contributed by atoms with Crippen LogP contribution in [-0.4, -0.2) is 36.8 Å². The van der Waals surface area contributed by atoms with Gasteiger partial charge in [-0.15, -0.1) is 0 Å². The molecule has 0 spiro atoms. The van der Waals surface area contributed by atoms with Gasteiger partial charge in [0.1, 0.15) is 17.5 Å². The summed E-state index contributed by atoms with van der Waals surface area (Å²) in [6.45, 7) is 2.22. The lowest BCUT2D eigenvalue weighted by Crippen LogP contribution is -3.00. The number of hydrogen-bond acceptors (Lipinski definition) is 4. The van der Waals surface area contributed by atoms with E-state index in [0.29, 0.717) is 12.0 Å². The summed E-state index contributed by atoms with van der Waals surface area (Å²) in [5.41, 5.74) is 4.05. The number of hydrogen-bond donors (Lipinski definition) is 1. The Morgan fingerprint density at radius 3 is 2.43 bits per heavy atom. The molecule has 0 radical (unpaired) electrons. The van der Waals surface area contributed by atoms with Crippen molar-refractivity contribution in [2.75, 3.05) is 14.1 Å². The average molecular weight is 469 g/mol. The maximum atomic E-state index is 13.8. The third-order valence-corrected chi connectivity index (χ3v) is 6.69. The Labute approximate surface area is 205 Å². The lowest BCUT2D eigenvalue weighted by atomic mass is 9.94. The molecule has 0 bridgehead atoms. The monoisotopic (exact) mass is 468 g/mol. The van der Waals surface area contributed by atoms with Crippen molar-refractivity contribution in [3.8, 4) is 5.75 Å². The maximum Gasteiger partial charge on any atom is 0.295 e. The number of nitrogens with one attached hydrogen (secondary N) is 1. The molecule has 5 rings (SSSR count). The minimum absolute atomic E-state index is 0.00259. The SMILES string of the molecule is CC1Cc2cc(C([O-])=C3C(=O)C(=O)N(Cc4ccccc4)C3c3ccc([NH+](C)C)cc3)ccc2O1. The Kier molecular flexibility index (Phi) is 5.91. The Bertz CT molecular complexity index is 1310. The van der Waals surface area contributed by atoms with Crippen LogP contribution in [-0.2, 0) is 22.6 Å². The van der Waals surface area contributed by atoms with Crippen LogP contribution >= 0.6 is 0 Å². The van der Waals surface area contributed by atoms with E-state index in [1.54, 1.807) is 18.2 Å². The Hall–Kier alpha value is -3.90. The molecule has 2 unspecified atom stereocenters. The standard InChI is InChI=1S/C29H28N2O4/c1-18-15-22-16-21(11-14-24(22)35-18)27(32)25-26(20-9-12-23(13-10-20)30(2)3)31(29(34)28(25)33)17-19-7-5-4-6-8-19/h4-14,16,18,26,32H,15,17H2,1-3H3. The molecular weight excluding hydrogens is 440 g/mol. The zero-order valence-corrected chi connectivity index (χ0v) is 20.1. The van der Waals surface area contributed by atoms with Gasteiger partial charge in [0.25, 0.3) is 5.91 Å². The zero-order valence-electron chi connectivity index (χ0n) is 20.1. The van der Waals surface area contributed by atoms with E-state index in [1.165, 1.54) is 4.90 Å². The molecule has 2 atom stereocenters. The van der Waals surface area contributed by atoms with Crippen molar-refractivity contribution in [3.63, 3.8) is 0 Å². The van der Waals surface area contributed by atoms with E-state index >= 15 is 0 Å². The van der Waals surface area contributed by atoms with Crippen molar-refractivity contribution in [2.45, 2.75) is 32.0 Å². The normalized spacial score (nSPS) is 20.9. The van der Waals surface area contributed by atoms with Crippen LogP contribution in [0.3, 0.4) is 0 Å². The van der Waals surface area contributed by atoms with Crippen molar-refractivity contribution in [2.24, 2.45) is 0 Å². The predicted octanol–water partition coefficient (Wildman–Crippen LogP) is 2.21. The number of carbonyl (C=O) groups excluding carboxylic acids is 2. The molecule has 3 aromatic carbocycles. The molecule has 178 valence electrons.